The van der Waals surface area contributed by atoms with Crippen LogP contribution in [-0.2, 0) is 24.6 Å². The molecule has 1 amide bonds. The van der Waals surface area contributed by atoms with E-state index in [1.165, 1.54) is 13.1 Å². The van der Waals surface area contributed by atoms with Crippen LogP contribution in [0.1, 0.15) is 36.6 Å². The molecule has 164 valence electrons. The maximum absolute atomic E-state index is 13.1. The molecule has 0 unspecified atom stereocenters. The van der Waals surface area contributed by atoms with E-state index in [9.17, 15) is 27.6 Å². The fraction of sp³-hybridized carbons (Fsp3) is 0.350. The van der Waals surface area contributed by atoms with Gasteiger partial charge in [0.05, 0.1) is 16.6 Å². The molecule has 0 saturated carbocycles. The van der Waals surface area contributed by atoms with Gasteiger partial charge in [-0.15, -0.1) is 0 Å². The van der Waals surface area contributed by atoms with Gasteiger partial charge in [-0.1, -0.05) is 13.8 Å². The molecule has 0 atom stereocenters. The Balaban J connectivity index is 2.01. The molecule has 3 rings (SSSR count). The molecule has 31 heavy (non-hydrogen) atoms. The number of amides is 1. The highest BCUT2D eigenvalue weighted by molar-refractivity contribution is 5.90. The van der Waals surface area contributed by atoms with E-state index >= 15 is 0 Å². The highest BCUT2D eigenvalue weighted by Gasteiger charge is 2.31. The highest BCUT2D eigenvalue weighted by Crippen LogP contribution is 2.32. The number of nitrogens with zero attached hydrogens (tertiary/aromatic N) is 4. The Morgan fingerprint density at radius 2 is 1.77 bits per heavy atom. The molecule has 2 aromatic heterocycles. The molecule has 0 aliphatic heterocycles. The van der Waals surface area contributed by atoms with Crippen LogP contribution in [0, 0.1) is 6.92 Å². The van der Waals surface area contributed by atoms with Gasteiger partial charge in [0.25, 0.3) is 11.1 Å². The lowest BCUT2D eigenvalue weighted by Gasteiger charge is -2.15. The number of aryl methyl sites for hydroxylation is 2. The van der Waals surface area contributed by atoms with Crippen LogP contribution in [0.4, 0.5) is 19.0 Å². The van der Waals surface area contributed by atoms with E-state index in [2.05, 4.69) is 15.5 Å². The topological polar surface area (TPSA) is 98.9 Å². The van der Waals surface area contributed by atoms with Gasteiger partial charge in [0.1, 0.15) is 6.54 Å². The summed E-state index contributed by atoms with van der Waals surface area (Å²) < 4.78 is 41.3. The van der Waals surface area contributed by atoms with E-state index in [-0.39, 0.29) is 33.8 Å². The van der Waals surface area contributed by atoms with Gasteiger partial charge in [-0.3, -0.25) is 14.4 Å². The predicted octanol–water partition coefficient (Wildman–Crippen LogP) is 2.58. The zero-order chi connectivity index (χ0) is 23.1. The minimum Gasteiger partial charge on any atom is -0.308 e. The Kier molecular flexibility index (Phi) is 5.70. The van der Waals surface area contributed by atoms with E-state index in [4.69, 9.17) is 0 Å². The number of alkyl halides is 3. The first-order valence-electron chi connectivity index (χ1n) is 9.35. The van der Waals surface area contributed by atoms with Crippen molar-refractivity contribution in [2.75, 3.05) is 5.32 Å². The van der Waals surface area contributed by atoms with Crippen molar-refractivity contribution in [3.63, 3.8) is 0 Å². The van der Waals surface area contributed by atoms with Crippen molar-refractivity contribution in [1.29, 1.82) is 0 Å². The van der Waals surface area contributed by atoms with Crippen molar-refractivity contribution in [2.24, 2.45) is 7.05 Å². The summed E-state index contributed by atoms with van der Waals surface area (Å²) >= 11 is 0. The van der Waals surface area contributed by atoms with Crippen LogP contribution in [0.15, 0.2) is 33.9 Å². The number of nitrogens with one attached hydrogen (secondary N) is 1. The van der Waals surface area contributed by atoms with Gasteiger partial charge in [0, 0.05) is 18.0 Å². The third-order valence-corrected chi connectivity index (χ3v) is 4.67. The number of hydrogen-bond acceptors (Lipinski definition) is 5. The molecular weight excluding hydrogens is 415 g/mol. The van der Waals surface area contributed by atoms with Crippen molar-refractivity contribution in [1.82, 2.24) is 19.6 Å². The molecule has 1 aromatic carbocycles. The fourth-order valence-electron chi connectivity index (χ4n) is 3.16. The number of halogens is 3. The van der Waals surface area contributed by atoms with E-state index in [0.717, 1.165) is 27.6 Å². The summed E-state index contributed by atoms with van der Waals surface area (Å²) in [5.41, 5.74) is -1.24. The van der Waals surface area contributed by atoms with Crippen LogP contribution >= 0.6 is 0 Å². The number of benzene rings is 1. The Bertz CT molecular complexity index is 1270. The van der Waals surface area contributed by atoms with E-state index in [0.29, 0.717) is 5.56 Å². The molecule has 0 saturated heterocycles. The first-order chi connectivity index (χ1) is 14.4. The summed E-state index contributed by atoms with van der Waals surface area (Å²) in [6.07, 6.45) is -4.56. The van der Waals surface area contributed by atoms with Crippen LogP contribution < -0.4 is 16.4 Å². The lowest BCUT2D eigenvalue weighted by atomic mass is 10.0. The van der Waals surface area contributed by atoms with Crippen molar-refractivity contribution >= 4 is 22.5 Å². The Morgan fingerprint density at radius 3 is 2.35 bits per heavy atom. The second-order valence-corrected chi connectivity index (χ2v) is 7.45. The quantitative estimate of drug-likeness (QED) is 0.679. The van der Waals surface area contributed by atoms with Crippen LogP contribution in [0.25, 0.3) is 10.8 Å². The molecule has 3 aromatic rings. The molecule has 0 bridgehead atoms. The van der Waals surface area contributed by atoms with Crippen molar-refractivity contribution < 1.29 is 18.0 Å². The average Bonchev–Trinajstić information content (AvgIpc) is 2.66. The van der Waals surface area contributed by atoms with Crippen molar-refractivity contribution in [3.8, 4) is 0 Å². The standard InChI is InChI=1S/C20H20F3N5O3/c1-10(2)17-14-8-12(20(21,22)23)5-6-13(14)19(31)28(26-17)9-16(29)24-15-7-11(3)18(30)27(4)25-15/h5-8,10H,9H2,1-4H3,(H,24,25,29). The van der Waals surface area contributed by atoms with E-state index in [1.54, 1.807) is 20.8 Å². The van der Waals surface area contributed by atoms with Crippen LogP contribution in [0.3, 0.4) is 0 Å². The maximum atomic E-state index is 13.1. The molecule has 2 heterocycles. The third-order valence-electron chi connectivity index (χ3n) is 4.67. The number of hydrogen-bond donors (Lipinski definition) is 1. The van der Waals surface area contributed by atoms with Gasteiger partial charge in [0.15, 0.2) is 5.82 Å². The Hall–Kier alpha value is -3.50. The van der Waals surface area contributed by atoms with E-state index < -0.39 is 29.8 Å². The summed E-state index contributed by atoms with van der Waals surface area (Å²) in [7, 11) is 1.44. The van der Waals surface area contributed by atoms with Gasteiger partial charge < -0.3 is 5.32 Å². The minimum absolute atomic E-state index is 0.0376. The SMILES string of the molecule is Cc1cc(NC(=O)Cn2nc(C(C)C)c3cc(C(F)(F)F)ccc3c2=O)nn(C)c1=O. The number of carbonyl (C=O) groups excluding carboxylic acids is 1. The highest BCUT2D eigenvalue weighted by atomic mass is 19.4. The summed E-state index contributed by atoms with van der Waals surface area (Å²) in [4.78, 5) is 37.0. The normalized spacial score (nSPS) is 11.9. The predicted molar refractivity (Wildman–Crippen MR) is 108 cm³/mol. The number of fused-ring (bicyclic) bond motifs is 1. The van der Waals surface area contributed by atoms with Crippen LogP contribution in [0.2, 0.25) is 0 Å². The second kappa shape index (κ2) is 7.97. The lowest BCUT2D eigenvalue weighted by molar-refractivity contribution is -0.137. The first kappa shape index (κ1) is 22.2. The molecule has 0 aliphatic carbocycles. The van der Waals surface area contributed by atoms with Gasteiger partial charge in [0.2, 0.25) is 5.91 Å². The molecule has 0 fully saturated rings. The fourth-order valence-corrected chi connectivity index (χ4v) is 3.16. The number of aromatic nitrogens is 4. The molecule has 0 aliphatic rings. The van der Waals surface area contributed by atoms with Gasteiger partial charge in [-0.25, -0.2) is 9.36 Å². The van der Waals surface area contributed by atoms with Crippen molar-refractivity contribution in [3.05, 3.63) is 61.8 Å². The van der Waals surface area contributed by atoms with Crippen LogP contribution in [0.5, 0.6) is 0 Å². The molecular formula is C20H20F3N5O3. The zero-order valence-corrected chi connectivity index (χ0v) is 17.2. The Labute approximate surface area is 174 Å². The van der Waals surface area contributed by atoms with Gasteiger partial charge in [-0.2, -0.15) is 23.4 Å². The molecule has 0 radical (unpaired) electrons. The summed E-state index contributed by atoms with van der Waals surface area (Å²) in [5.74, 6) is -0.799. The second-order valence-electron chi connectivity index (χ2n) is 7.45. The summed E-state index contributed by atoms with van der Waals surface area (Å²) in [6, 6.07) is 4.23. The average molecular weight is 435 g/mol. The molecule has 11 heteroatoms. The number of anilines is 1. The first-order valence-corrected chi connectivity index (χ1v) is 9.35. The number of carbonyl (C=O) groups is 1. The van der Waals surface area contributed by atoms with E-state index in [1.807, 2.05) is 0 Å². The van der Waals surface area contributed by atoms with Gasteiger partial charge >= 0.3 is 6.18 Å². The third kappa shape index (κ3) is 4.49. The zero-order valence-electron chi connectivity index (χ0n) is 17.2. The smallest absolute Gasteiger partial charge is 0.308 e. The Morgan fingerprint density at radius 1 is 1.10 bits per heavy atom. The largest absolute Gasteiger partial charge is 0.416 e. The molecule has 0 spiro atoms. The summed E-state index contributed by atoms with van der Waals surface area (Å²) in [5, 5.41) is 10.7. The minimum atomic E-state index is -4.56. The monoisotopic (exact) mass is 435 g/mol. The van der Waals surface area contributed by atoms with Gasteiger partial charge in [-0.05, 0) is 37.1 Å². The maximum Gasteiger partial charge on any atom is 0.416 e. The number of rotatable bonds is 4. The molecule has 1 N–H and O–H groups in total. The van der Waals surface area contributed by atoms with Crippen LogP contribution in [-0.4, -0.2) is 25.5 Å². The summed E-state index contributed by atoms with van der Waals surface area (Å²) in [6.45, 7) is 4.56. The lowest BCUT2D eigenvalue weighted by Crippen LogP contribution is -2.32. The molecule has 8 nitrogen and oxygen atoms in total. The van der Waals surface area contributed by atoms with Crippen molar-refractivity contribution in [2.45, 2.75) is 39.4 Å².